The summed E-state index contributed by atoms with van der Waals surface area (Å²) in [5.74, 6) is 0.788. The number of aliphatic hydroxyl groups is 1. The quantitative estimate of drug-likeness (QED) is 0.659. The predicted molar refractivity (Wildman–Crippen MR) is 103 cm³/mol. The van der Waals surface area contributed by atoms with E-state index in [-0.39, 0.29) is 5.91 Å². The number of nitrogens with zero attached hydrogens (tertiary/aromatic N) is 3. The Kier molecular flexibility index (Phi) is 4.63. The van der Waals surface area contributed by atoms with Crippen LogP contribution in [0, 0.1) is 6.92 Å². The van der Waals surface area contributed by atoms with Gasteiger partial charge < -0.3 is 15.4 Å². The molecule has 0 atom stereocenters. The lowest BCUT2D eigenvalue weighted by Gasteiger charge is -2.37. The number of carbonyl (C=O) groups is 1. The fourth-order valence-electron chi connectivity index (χ4n) is 3.59. The highest BCUT2D eigenvalue weighted by atomic mass is 16.3. The zero-order chi connectivity index (χ0) is 18.9. The monoisotopic (exact) mass is 365 g/mol. The van der Waals surface area contributed by atoms with Crippen LogP contribution in [0.25, 0.3) is 11.0 Å². The van der Waals surface area contributed by atoms with Crippen molar-refractivity contribution < 1.29 is 9.90 Å². The normalized spacial score (nSPS) is 17.1. The van der Waals surface area contributed by atoms with Crippen molar-refractivity contribution in [1.29, 1.82) is 0 Å². The number of imidazole rings is 1. The van der Waals surface area contributed by atoms with Crippen LogP contribution in [-0.4, -0.2) is 50.5 Å². The van der Waals surface area contributed by atoms with Crippen LogP contribution >= 0.6 is 0 Å². The molecule has 3 N–H and O–H groups in total. The summed E-state index contributed by atoms with van der Waals surface area (Å²) in [4.78, 5) is 26.3. The molecule has 0 bridgehead atoms. The van der Waals surface area contributed by atoms with E-state index >= 15 is 0 Å². The largest absolute Gasteiger partial charge is 0.383 e. The van der Waals surface area contributed by atoms with Gasteiger partial charge in [0.05, 0.1) is 23.3 Å². The number of pyridine rings is 1. The van der Waals surface area contributed by atoms with E-state index in [9.17, 15) is 9.90 Å². The summed E-state index contributed by atoms with van der Waals surface area (Å²) in [6.07, 6.45) is 2.83. The summed E-state index contributed by atoms with van der Waals surface area (Å²) in [6, 6.07) is 11.2. The van der Waals surface area contributed by atoms with E-state index in [0.717, 1.165) is 22.5 Å². The van der Waals surface area contributed by atoms with Gasteiger partial charge in [-0.25, -0.2) is 4.98 Å². The Morgan fingerprint density at radius 1 is 1.30 bits per heavy atom. The molecule has 7 nitrogen and oxygen atoms in total. The second kappa shape index (κ2) is 7.09. The lowest BCUT2D eigenvalue weighted by atomic mass is 9.88. The standard InChI is InChI=1S/C20H23N5O2/c1-14-22-16-6-5-15(12-17(16)23-14)24-19(26)13-25-10-7-20(27,8-11-25)18-4-2-3-9-21-18/h2-6,9,12,27H,7-8,10-11,13H2,1H3,(H,22,23)(H,24,26). The van der Waals surface area contributed by atoms with Gasteiger partial charge in [-0.3, -0.25) is 14.7 Å². The van der Waals surface area contributed by atoms with Gasteiger partial charge in [-0.05, 0) is 50.1 Å². The first-order valence-electron chi connectivity index (χ1n) is 9.14. The maximum Gasteiger partial charge on any atom is 0.238 e. The number of rotatable bonds is 4. The number of amides is 1. The number of anilines is 1. The molecule has 140 valence electrons. The van der Waals surface area contributed by atoms with Crippen LogP contribution in [0.5, 0.6) is 0 Å². The van der Waals surface area contributed by atoms with E-state index in [4.69, 9.17) is 0 Å². The molecule has 1 aliphatic rings. The molecule has 1 aromatic carbocycles. The fraction of sp³-hybridized carbons (Fsp3) is 0.350. The Bertz CT molecular complexity index is 945. The zero-order valence-electron chi connectivity index (χ0n) is 15.3. The molecule has 3 aromatic rings. The SMILES string of the molecule is Cc1nc2ccc(NC(=O)CN3CCC(O)(c4ccccn4)CC3)cc2[nH]1. The van der Waals surface area contributed by atoms with Gasteiger partial charge in [-0.1, -0.05) is 6.07 Å². The van der Waals surface area contributed by atoms with Crippen molar-refractivity contribution in [2.45, 2.75) is 25.4 Å². The minimum absolute atomic E-state index is 0.0612. The molecule has 2 aromatic heterocycles. The van der Waals surface area contributed by atoms with Gasteiger partial charge in [0.2, 0.25) is 5.91 Å². The van der Waals surface area contributed by atoms with Crippen LogP contribution < -0.4 is 5.32 Å². The van der Waals surface area contributed by atoms with Crippen LogP contribution in [0.2, 0.25) is 0 Å². The third kappa shape index (κ3) is 3.84. The van der Waals surface area contributed by atoms with E-state index in [1.807, 2.05) is 43.3 Å². The Morgan fingerprint density at radius 2 is 2.11 bits per heavy atom. The minimum atomic E-state index is -0.905. The van der Waals surface area contributed by atoms with Crippen molar-refractivity contribution in [3.63, 3.8) is 0 Å². The average Bonchev–Trinajstić information content (AvgIpc) is 3.04. The summed E-state index contributed by atoms with van der Waals surface area (Å²) in [6.45, 7) is 3.51. The van der Waals surface area contributed by atoms with E-state index in [1.54, 1.807) is 6.20 Å². The summed E-state index contributed by atoms with van der Waals surface area (Å²) in [5.41, 5.74) is 2.34. The molecular formula is C20H23N5O2. The number of hydrogen-bond acceptors (Lipinski definition) is 5. The van der Waals surface area contributed by atoms with Crippen LogP contribution in [0.3, 0.4) is 0 Å². The second-order valence-corrected chi connectivity index (χ2v) is 7.13. The topological polar surface area (TPSA) is 94.1 Å². The number of hydrogen-bond donors (Lipinski definition) is 3. The number of likely N-dealkylation sites (tertiary alicyclic amines) is 1. The summed E-state index contributed by atoms with van der Waals surface area (Å²) < 4.78 is 0. The molecule has 1 fully saturated rings. The van der Waals surface area contributed by atoms with Crippen molar-refractivity contribution in [2.75, 3.05) is 25.0 Å². The van der Waals surface area contributed by atoms with Gasteiger partial charge in [0.25, 0.3) is 0 Å². The number of aromatic nitrogens is 3. The number of piperidine rings is 1. The Balaban J connectivity index is 1.33. The summed E-state index contributed by atoms with van der Waals surface area (Å²) in [7, 11) is 0. The number of fused-ring (bicyclic) bond motifs is 1. The third-order valence-corrected chi connectivity index (χ3v) is 5.08. The first-order valence-corrected chi connectivity index (χ1v) is 9.14. The maximum absolute atomic E-state index is 12.4. The molecule has 0 unspecified atom stereocenters. The Morgan fingerprint density at radius 3 is 2.85 bits per heavy atom. The van der Waals surface area contributed by atoms with Crippen molar-refractivity contribution in [3.8, 4) is 0 Å². The number of nitrogens with one attached hydrogen (secondary N) is 2. The Hall–Kier alpha value is -2.77. The highest BCUT2D eigenvalue weighted by Gasteiger charge is 2.35. The van der Waals surface area contributed by atoms with Crippen molar-refractivity contribution in [3.05, 3.63) is 54.1 Å². The molecule has 7 heteroatoms. The molecule has 0 aliphatic carbocycles. The minimum Gasteiger partial charge on any atom is -0.383 e. The van der Waals surface area contributed by atoms with Gasteiger partial charge in [0.15, 0.2) is 0 Å². The molecule has 1 saturated heterocycles. The summed E-state index contributed by atoms with van der Waals surface area (Å²) >= 11 is 0. The van der Waals surface area contributed by atoms with E-state index in [1.165, 1.54) is 0 Å². The number of carbonyl (C=O) groups excluding carboxylic acids is 1. The van der Waals surface area contributed by atoms with Gasteiger partial charge in [-0.2, -0.15) is 0 Å². The molecular weight excluding hydrogens is 342 g/mol. The molecule has 3 heterocycles. The number of H-pyrrole nitrogens is 1. The van der Waals surface area contributed by atoms with Crippen LogP contribution in [0.4, 0.5) is 5.69 Å². The molecule has 0 spiro atoms. The lowest BCUT2D eigenvalue weighted by molar-refractivity contribution is -0.118. The van der Waals surface area contributed by atoms with Crippen LogP contribution in [-0.2, 0) is 10.4 Å². The van der Waals surface area contributed by atoms with Gasteiger partial charge in [0.1, 0.15) is 11.4 Å². The highest BCUT2D eigenvalue weighted by molar-refractivity contribution is 5.94. The van der Waals surface area contributed by atoms with E-state index < -0.39 is 5.60 Å². The predicted octanol–water partition coefficient (Wildman–Crippen LogP) is 2.19. The average molecular weight is 365 g/mol. The molecule has 27 heavy (non-hydrogen) atoms. The zero-order valence-corrected chi connectivity index (χ0v) is 15.3. The third-order valence-electron chi connectivity index (χ3n) is 5.08. The lowest BCUT2D eigenvalue weighted by Crippen LogP contribution is -2.45. The molecule has 1 amide bonds. The number of aromatic amines is 1. The smallest absolute Gasteiger partial charge is 0.238 e. The van der Waals surface area contributed by atoms with Gasteiger partial charge in [0, 0.05) is 25.0 Å². The first-order chi connectivity index (χ1) is 13.0. The molecule has 0 saturated carbocycles. The van der Waals surface area contributed by atoms with Gasteiger partial charge >= 0.3 is 0 Å². The molecule has 4 rings (SSSR count). The fourth-order valence-corrected chi connectivity index (χ4v) is 3.59. The number of benzene rings is 1. The summed E-state index contributed by atoms with van der Waals surface area (Å²) in [5, 5.41) is 13.8. The maximum atomic E-state index is 12.4. The second-order valence-electron chi connectivity index (χ2n) is 7.13. The van der Waals surface area contributed by atoms with E-state index in [0.29, 0.717) is 38.2 Å². The molecule has 0 radical (unpaired) electrons. The van der Waals surface area contributed by atoms with Crippen molar-refractivity contribution >= 4 is 22.6 Å². The van der Waals surface area contributed by atoms with Crippen molar-refractivity contribution in [2.24, 2.45) is 0 Å². The van der Waals surface area contributed by atoms with Crippen LogP contribution in [0.1, 0.15) is 24.4 Å². The van der Waals surface area contributed by atoms with Gasteiger partial charge in [-0.15, -0.1) is 0 Å². The van der Waals surface area contributed by atoms with Crippen molar-refractivity contribution in [1.82, 2.24) is 19.9 Å². The molecule has 1 aliphatic heterocycles. The first kappa shape index (κ1) is 17.6. The Labute approximate surface area is 157 Å². The highest BCUT2D eigenvalue weighted by Crippen LogP contribution is 2.31. The number of aryl methyl sites for hydroxylation is 1. The van der Waals surface area contributed by atoms with Crippen LogP contribution in [0.15, 0.2) is 42.6 Å². The van der Waals surface area contributed by atoms with E-state index in [2.05, 4.69) is 25.2 Å².